The van der Waals surface area contributed by atoms with Crippen LogP contribution >= 0.6 is 0 Å². The van der Waals surface area contributed by atoms with Crippen molar-refractivity contribution in [2.75, 3.05) is 20.3 Å². The number of benzene rings is 2. The van der Waals surface area contributed by atoms with Crippen LogP contribution in [0.25, 0.3) is 16.9 Å². The summed E-state index contributed by atoms with van der Waals surface area (Å²) in [6.45, 7) is 2.33. The first-order valence-electron chi connectivity index (χ1n) is 9.27. The second-order valence-electron chi connectivity index (χ2n) is 6.46. The van der Waals surface area contributed by atoms with Crippen molar-refractivity contribution in [1.29, 1.82) is 0 Å². The van der Waals surface area contributed by atoms with E-state index in [-0.39, 0.29) is 5.69 Å². The average Bonchev–Trinajstić information content (AvgIpc) is 3.15. The summed E-state index contributed by atoms with van der Waals surface area (Å²) in [7, 11) is 1.71. The van der Waals surface area contributed by atoms with Crippen molar-refractivity contribution >= 4 is 5.69 Å². The summed E-state index contributed by atoms with van der Waals surface area (Å²) in [5.74, 6) is 0. The lowest BCUT2D eigenvalue weighted by Crippen LogP contribution is -2.15. The van der Waals surface area contributed by atoms with E-state index in [1.54, 1.807) is 19.2 Å². The standard InChI is InChI=1S/C21H24N4O3/c1-28-14-6-5-13-22-15-18-16-24(19-7-3-2-4-8-19)23-21(18)17-9-11-20(12-10-17)25(26)27/h2-4,7-12,16,22H,5-6,13-15H2,1H3. The quantitative estimate of drug-likeness (QED) is 0.327. The third-order valence-electron chi connectivity index (χ3n) is 4.43. The zero-order valence-corrected chi connectivity index (χ0v) is 15.9. The van der Waals surface area contributed by atoms with Crippen molar-refractivity contribution in [3.05, 3.63) is 76.5 Å². The fourth-order valence-electron chi connectivity index (χ4n) is 2.96. The maximum absolute atomic E-state index is 10.9. The van der Waals surface area contributed by atoms with Crippen LogP contribution in [0, 0.1) is 10.1 Å². The number of hydrogen-bond donors (Lipinski definition) is 1. The predicted octanol–water partition coefficient (Wildman–Crippen LogP) is 3.96. The summed E-state index contributed by atoms with van der Waals surface area (Å²) in [4.78, 5) is 10.5. The second kappa shape index (κ2) is 9.77. The lowest BCUT2D eigenvalue weighted by atomic mass is 10.1. The van der Waals surface area contributed by atoms with Crippen LogP contribution in [0.2, 0.25) is 0 Å². The lowest BCUT2D eigenvalue weighted by molar-refractivity contribution is -0.384. The number of ether oxygens (including phenoxy) is 1. The molecular formula is C21H24N4O3. The Labute approximate surface area is 164 Å². The third kappa shape index (κ3) is 5.03. The van der Waals surface area contributed by atoms with Gasteiger partial charge in [0.25, 0.3) is 5.69 Å². The molecular weight excluding hydrogens is 356 g/mol. The average molecular weight is 380 g/mol. The molecule has 28 heavy (non-hydrogen) atoms. The maximum Gasteiger partial charge on any atom is 0.269 e. The molecule has 2 aromatic carbocycles. The van der Waals surface area contributed by atoms with E-state index in [9.17, 15) is 10.1 Å². The Morgan fingerprint density at radius 2 is 1.86 bits per heavy atom. The van der Waals surface area contributed by atoms with Crippen molar-refractivity contribution in [3.8, 4) is 16.9 Å². The van der Waals surface area contributed by atoms with Crippen molar-refractivity contribution < 1.29 is 9.66 Å². The van der Waals surface area contributed by atoms with E-state index in [4.69, 9.17) is 9.84 Å². The van der Waals surface area contributed by atoms with Gasteiger partial charge in [0.05, 0.1) is 16.3 Å². The van der Waals surface area contributed by atoms with Gasteiger partial charge >= 0.3 is 0 Å². The first kappa shape index (κ1) is 19.7. The van der Waals surface area contributed by atoms with E-state index in [2.05, 4.69) is 5.32 Å². The van der Waals surface area contributed by atoms with Crippen LogP contribution in [0.5, 0.6) is 0 Å². The largest absolute Gasteiger partial charge is 0.385 e. The van der Waals surface area contributed by atoms with Crippen LogP contribution < -0.4 is 5.32 Å². The summed E-state index contributed by atoms with van der Waals surface area (Å²) < 4.78 is 6.92. The highest BCUT2D eigenvalue weighted by atomic mass is 16.6. The van der Waals surface area contributed by atoms with E-state index in [0.29, 0.717) is 6.54 Å². The number of nitrogens with zero attached hydrogens (tertiary/aromatic N) is 3. The summed E-state index contributed by atoms with van der Waals surface area (Å²) in [6, 6.07) is 16.4. The first-order chi connectivity index (χ1) is 13.7. The molecule has 0 aliphatic heterocycles. The Morgan fingerprint density at radius 1 is 1.11 bits per heavy atom. The normalized spacial score (nSPS) is 10.9. The number of unbranched alkanes of at least 4 members (excludes halogenated alkanes) is 1. The molecule has 0 amide bonds. The van der Waals surface area contributed by atoms with Crippen molar-refractivity contribution in [2.45, 2.75) is 19.4 Å². The Balaban J connectivity index is 1.81. The third-order valence-corrected chi connectivity index (χ3v) is 4.43. The molecule has 0 aliphatic carbocycles. The van der Waals surface area contributed by atoms with Crippen LogP contribution in [0.1, 0.15) is 18.4 Å². The number of non-ortho nitro benzene ring substituents is 1. The highest BCUT2D eigenvalue weighted by Crippen LogP contribution is 2.25. The van der Waals surface area contributed by atoms with Crippen LogP contribution in [0.4, 0.5) is 5.69 Å². The minimum atomic E-state index is -0.394. The zero-order chi connectivity index (χ0) is 19.8. The molecule has 0 saturated heterocycles. The molecule has 1 N–H and O–H groups in total. The molecule has 0 saturated carbocycles. The molecule has 0 unspecified atom stereocenters. The number of nitro benzene ring substituents is 1. The Bertz CT molecular complexity index is 892. The molecule has 0 fully saturated rings. The number of para-hydroxylation sites is 1. The van der Waals surface area contributed by atoms with Crippen LogP contribution in [-0.4, -0.2) is 35.0 Å². The SMILES string of the molecule is COCCCCNCc1cn(-c2ccccc2)nc1-c1ccc([N+](=O)[O-])cc1. The topological polar surface area (TPSA) is 82.2 Å². The van der Waals surface area contributed by atoms with Gasteiger partial charge < -0.3 is 10.1 Å². The molecule has 7 nitrogen and oxygen atoms in total. The van der Waals surface area contributed by atoms with Gasteiger partial charge in [0.15, 0.2) is 0 Å². The van der Waals surface area contributed by atoms with Gasteiger partial charge in [-0.15, -0.1) is 0 Å². The van der Waals surface area contributed by atoms with Crippen molar-refractivity contribution in [1.82, 2.24) is 15.1 Å². The van der Waals surface area contributed by atoms with Gasteiger partial charge in [0.1, 0.15) is 0 Å². The van der Waals surface area contributed by atoms with Gasteiger partial charge in [-0.1, -0.05) is 18.2 Å². The van der Waals surface area contributed by atoms with Crippen LogP contribution in [0.15, 0.2) is 60.8 Å². The Kier molecular flexibility index (Phi) is 6.89. The molecule has 0 atom stereocenters. The molecule has 7 heteroatoms. The molecule has 0 bridgehead atoms. The number of hydrogen-bond acceptors (Lipinski definition) is 5. The van der Waals surface area contributed by atoms with E-state index in [1.165, 1.54) is 12.1 Å². The number of methoxy groups -OCH3 is 1. The highest BCUT2D eigenvalue weighted by Gasteiger charge is 2.13. The molecule has 0 aliphatic rings. The number of rotatable bonds is 10. The number of nitro groups is 1. The minimum absolute atomic E-state index is 0.0732. The fourth-order valence-corrected chi connectivity index (χ4v) is 2.96. The predicted molar refractivity (Wildman–Crippen MR) is 108 cm³/mol. The molecule has 146 valence electrons. The van der Waals surface area contributed by atoms with Crippen molar-refractivity contribution in [3.63, 3.8) is 0 Å². The van der Waals surface area contributed by atoms with Crippen LogP contribution in [-0.2, 0) is 11.3 Å². The lowest BCUT2D eigenvalue weighted by Gasteiger charge is -2.05. The van der Waals surface area contributed by atoms with E-state index < -0.39 is 4.92 Å². The van der Waals surface area contributed by atoms with Gasteiger partial charge in [-0.05, 0) is 43.7 Å². The summed E-state index contributed by atoms with van der Waals surface area (Å²) >= 11 is 0. The highest BCUT2D eigenvalue weighted by molar-refractivity contribution is 5.64. The summed E-state index contributed by atoms with van der Waals surface area (Å²) in [5, 5.41) is 19.1. The second-order valence-corrected chi connectivity index (χ2v) is 6.46. The van der Waals surface area contributed by atoms with Gasteiger partial charge in [0.2, 0.25) is 0 Å². The smallest absolute Gasteiger partial charge is 0.269 e. The molecule has 3 aromatic rings. The monoisotopic (exact) mass is 380 g/mol. The minimum Gasteiger partial charge on any atom is -0.385 e. The number of aromatic nitrogens is 2. The van der Waals surface area contributed by atoms with E-state index in [1.807, 2.05) is 41.2 Å². The van der Waals surface area contributed by atoms with Crippen molar-refractivity contribution in [2.24, 2.45) is 0 Å². The maximum atomic E-state index is 10.9. The van der Waals surface area contributed by atoms with Crippen LogP contribution in [0.3, 0.4) is 0 Å². The molecule has 0 radical (unpaired) electrons. The van der Waals surface area contributed by atoms with Gasteiger partial charge in [-0.25, -0.2) is 4.68 Å². The Hall–Kier alpha value is -3.03. The van der Waals surface area contributed by atoms with E-state index in [0.717, 1.165) is 48.5 Å². The van der Waals surface area contributed by atoms with Gasteiger partial charge in [-0.2, -0.15) is 5.10 Å². The Morgan fingerprint density at radius 3 is 2.54 bits per heavy atom. The summed E-state index contributed by atoms with van der Waals surface area (Å²) in [6.07, 6.45) is 4.06. The molecule has 1 heterocycles. The first-order valence-corrected chi connectivity index (χ1v) is 9.27. The van der Waals surface area contributed by atoms with Gasteiger partial charge in [0, 0.05) is 49.7 Å². The summed E-state index contributed by atoms with van der Waals surface area (Å²) in [5.41, 5.74) is 3.77. The fraction of sp³-hybridized carbons (Fsp3) is 0.286. The molecule has 1 aromatic heterocycles. The van der Waals surface area contributed by atoms with Gasteiger partial charge in [-0.3, -0.25) is 10.1 Å². The zero-order valence-electron chi connectivity index (χ0n) is 15.9. The number of nitrogens with one attached hydrogen (secondary N) is 1. The molecule has 3 rings (SSSR count). The van der Waals surface area contributed by atoms with E-state index >= 15 is 0 Å². The molecule has 0 spiro atoms.